The van der Waals surface area contributed by atoms with Crippen molar-refractivity contribution in [2.24, 2.45) is 0 Å². The number of halogens is 1. The lowest BCUT2D eigenvalue weighted by molar-refractivity contribution is -0.386. The monoisotopic (exact) mass is 333 g/mol. The van der Waals surface area contributed by atoms with Gasteiger partial charge < -0.3 is 9.47 Å². The molecule has 0 spiro atoms. The van der Waals surface area contributed by atoms with Crippen molar-refractivity contribution in [3.8, 4) is 0 Å². The van der Waals surface area contributed by atoms with Crippen LogP contribution in [0.2, 0.25) is 0 Å². The first-order chi connectivity index (χ1) is 11.5. The summed E-state index contributed by atoms with van der Waals surface area (Å²) in [5.41, 5.74) is -0.0925. The van der Waals surface area contributed by atoms with Crippen LogP contribution in [0.15, 0.2) is 24.5 Å². The van der Waals surface area contributed by atoms with Crippen LogP contribution >= 0.6 is 0 Å². The maximum atomic E-state index is 13.8. The SMILES string of the molecule is CC(C)n1cnnc1C1CCN(c2cccc(F)c2[N+](=O)[O-])CC1. The average molecular weight is 333 g/mol. The predicted octanol–water partition coefficient (Wildman–Crippen LogP) is 3.29. The second-order valence-corrected chi connectivity index (χ2v) is 6.32. The molecule has 0 amide bonds. The minimum absolute atomic E-state index is 0.263. The molecule has 1 aromatic carbocycles. The van der Waals surface area contributed by atoms with Gasteiger partial charge in [0.1, 0.15) is 17.8 Å². The second-order valence-electron chi connectivity index (χ2n) is 6.32. The molecule has 1 aliphatic heterocycles. The molecule has 8 heteroatoms. The van der Waals surface area contributed by atoms with Crippen molar-refractivity contribution in [2.45, 2.75) is 38.6 Å². The van der Waals surface area contributed by atoms with E-state index in [1.807, 2.05) is 4.90 Å². The van der Waals surface area contributed by atoms with Crippen molar-refractivity contribution in [1.82, 2.24) is 14.8 Å². The van der Waals surface area contributed by atoms with E-state index in [9.17, 15) is 14.5 Å². The van der Waals surface area contributed by atoms with Gasteiger partial charge in [-0.25, -0.2) is 0 Å². The molecule has 1 saturated heterocycles. The zero-order valence-electron chi connectivity index (χ0n) is 13.7. The summed E-state index contributed by atoms with van der Waals surface area (Å²) >= 11 is 0. The van der Waals surface area contributed by atoms with Crippen molar-refractivity contribution < 1.29 is 9.31 Å². The Balaban J connectivity index is 1.78. The van der Waals surface area contributed by atoms with Gasteiger partial charge in [-0.05, 0) is 38.8 Å². The fourth-order valence-electron chi connectivity index (χ4n) is 3.26. The fraction of sp³-hybridized carbons (Fsp3) is 0.500. The van der Waals surface area contributed by atoms with E-state index in [1.165, 1.54) is 6.07 Å². The molecule has 0 saturated carbocycles. The minimum Gasteiger partial charge on any atom is -0.366 e. The highest BCUT2D eigenvalue weighted by Crippen LogP contribution is 2.35. The molecular weight excluding hydrogens is 313 g/mol. The standard InChI is InChI=1S/C16H20FN5O2/c1-11(2)21-10-18-19-16(21)12-6-8-20(9-7-12)14-5-3-4-13(17)15(14)22(23)24/h3-5,10-12H,6-9H2,1-2H3. The minimum atomic E-state index is -0.792. The van der Waals surface area contributed by atoms with Crippen LogP contribution in [0.25, 0.3) is 0 Å². The maximum Gasteiger partial charge on any atom is 0.327 e. The Bertz CT molecular complexity index is 738. The van der Waals surface area contributed by atoms with Crippen molar-refractivity contribution in [1.29, 1.82) is 0 Å². The fourth-order valence-corrected chi connectivity index (χ4v) is 3.26. The van der Waals surface area contributed by atoms with Gasteiger partial charge in [-0.1, -0.05) is 6.07 Å². The van der Waals surface area contributed by atoms with Crippen LogP contribution in [-0.2, 0) is 0 Å². The molecule has 0 bridgehead atoms. The molecule has 0 radical (unpaired) electrons. The highest BCUT2D eigenvalue weighted by molar-refractivity contribution is 5.64. The number of nitro groups is 1. The van der Waals surface area contributed by atoms with Crippen molar-refractivity contribution in [3.05, 3.63) is 46.3 Å². The molecule has 1 aromatic heterocycles. The number of aromatic nitrogens is 3. The first kappa shape index (κ1) is 16.4. The van der Waals surface area contributed by atoms with Gasteiger partial charge in [0.15, 0.2) is 0 Å². The van der Waals surface area contributed by atoms with Gasteiger partial charge in [-0.3, -0.25) is 10.1 Å². The first-order valence-corrected chi connectivity index (χ1v) is 8.06. The molecule has 0 aliphatic carbocycles. The molecule has 2 heterocycles. The molecule has 7 nitrogen and oxygen atoms in total. The molecule has 0 N–H and O–H groups in total. The number of rotatable bonds is 4. The van der Waals surface area contributed by atoms with Crippen molar-refractivity contribution in [2.75, 3.05) is 18.0 Å². The van der Waals surface area contributed by atoms with Gasteiger partial charge in [0.05, 0.1) is 4.92 Å². The number of anilines is 1. The van der Waals surface area contributed by atoms with Gasteiger partial charge in [-0.2, -0.15) is 4.39 Å². The van der Waals surface area contributed by atoms with E-state index in [2.05, 4.69) is 28.6 Å². The van der Waals surface area contributed by atoms with Crippen LogP contribution in [0.3, 0.4) is 0 Å². The van der Waals surface area contributed by atoms with E-state index >= 15 is 0 Å². The van der Waals surface area contributed by atoms with Crippen LogP contribution in [0.4, 0.5) is 15.8 Å². The number of nitro benzene ring substituents is 1. The van der Waals surface area contributed by atoms with Crippen LogP contribution in [-0.4, -0.2) is 32.8 Å². The molecule has 3 rings (SSSR count). The van der Waals surface area contributed by atoms with Crippen LogP contribution in [0, 0.1) is 15.9 Å². The molecule has 2 aromatic rings. The third-order valence-electron chi connectivity index (χ3n) is 4.51. The number of hydrogen-bond donors (Lipinski definition) is 0. The van der Waals surface area contributed by atoms with Crippen molar-refractivity contribution >= 4 is 11.4 Å². The zero-order chi connectivity index (χ0) is 17.3. The van der Waals surface area contributed by atoms with Crippen LogP contribution < -0.4 is 4.90 Å². The molecular formula is C16H20FN5O2. The van der Waals surface area contributed by atoms with E-state index in [-0.39, 0.29) is 12.0 Å². The topological polar surface area (TPSA) is 77.1 Å². The Morgan fingerprint density at radius 3 is 2.67 bits per heavy atom. The van der Waals surface area contributed by atoms with E-state index in [1.54, 1.807) is 12.4 Å². The summed E-state index contributed by atoms with van der Waals surface area (Å²) in [5.74, 6) is 0.427. The van der Waals surface area contributed by atoms with Gasteiger partial charge in [0, 0.05) is 25.0 Å². The molecule has 0 unspecified atom stereocenters. The van der Waals surface area contributed by atoms with E-state index in [4.69, 9.17) is 0 Å². The third kappa shape index (κ3) is 2.95. The summed E-state index contributed by atoms with van der Waals surface area (Å²) in [6, 6.07) is 4.54. The Morgan fingerprint density at radius 1 is 1.33 bits per heavy atom. The van der Waals surface area contributed by atoms with E-state index in [0.717, 1.165) is 24.7 Å². The lowest BCUT2D eigenvalue weighted by Gasteiger charge is -2.33. The number of nitrogens with zero attached hydrogens (tertiary/aromatic N) is 5. The summed E-state index contributed by atoms with van der Waals surface area (Å²) in [6.07, 6.45) is 3.35. The van der Waals surface area contributed by atoms with Gasteiger partial charge in [-0.15, -0.1) is 10.2 Å². The summed E-state index contributed by atoms with van der Waals surface area (Å²) in [5, 5.41) is 19.4. The number of para-hydroxylation sites is 1. The lowest BCUT2D eigenvalue weighted by Crippen LogP contribution is -2.34. The quantitative estimate of drug-likeness (QED) is 0.634. The maximum absolute atomic E-state index is 13.8. The first-order valence-electron chi connectivity index (χ1n) is 8.06. The lowest BCUT2D eigenvalue weighted by atomic mass is 9.95. The van der Waals surface area contributed by atoms with E-state index < -0.39 is 16.4 Å². The zero-order valence-corrected chi connectivity index (χ0v) is 13.7. The Kier molecular flexibility index (Phi) is 4.46. The third-order valence-corrected chi connectivity index (χ3v) is 4.51. The summed E-state index contributed by atoms with van der Waals surface area (Å²) in [7, 11) is 0. The molecule has 128 valence electrons. The van der Waals surface area contributed by atoms with Gasteiger partial charge in [0.25, 0.3) is 0 Å². The van der Waals surface area contributed by atoms with Crippen molar-refractivity contribution in [3.63, 3.8) is 0 Å². The number of benzene rings is 1. The summed E-state index contributed by atoms with van der Waals surface area (Å²) in [4.78, 5) is 12.4. The van der Waals surface area contributed by atoms with E-state index in [0.29, 0.717) is 18.8 Å². The molecule has 1 fully saturated rings. The Morgan fingerprint density at radius 2 is 2.04 bits per heavy atom. The molecule has 24 heavy (non-hydrogen) atoms. The smallest absolute Gasteiger partial charge is 0.327 e. The average Bonchev–Trinajstić information content (AvgIpc) is 3.04. The Labute approximate surface area is 139 Å². The van der Waals surface area contributed by atoms with Gasteiger partial charge in [0.2, 0.25) is 5.82 Å². The molecule has 1 aliphatic rings. The summed E-state index contributed by atoms with van der Waals surface area (Å²) in [6.45, 7) is 5.41. The number of hydrogen-bond acceptors (Lipinski definition) is 5. The van der Waals surface area contributed by atoms with Gasteiger partial charge >= 0.3 is 5.69 Å². The van der Waals surface area contributed by atoms with Crippen LogP contribution in [0.5, 0.6) is 0 Å². The highest BCUT2D eigenvalue weighted by Gasteiger charge is 2.29. The summed E-state index contributed by atoms with van der Waals surface area (Å²) < 4.78 is 15.9. The number of piperidine rings is 1. The predicted molar refractivity (Wildman–Crippen MR) is 87.6 cm³/mol. The molecule has 0 atom stereocenters. The highest BCUT2D eigenvalue weighted by atomic mass is 19.1. The Hall–Kier alpha value is -2.51. The largest absolute Gasteiger partial charge is 0.366 e. The second kappa shape index (κ2) is 6.54. The van der Waals surface area contributed by atoms with Crippen LogP contribution in [0.1, 0.15) is 44.5 Å². The normalized spacial score (nSPS) is 15.9.